The van der Waals surface area contributed by atoms with Crippen LogP contribution in [0.5, 0.6) is 0 Å². The van der Waals surface area contributed by atoms with E-state index in [2.05, 4.69) is 33.8 Å². The van der Waals surface area contributed by atoms with Crippen molar-refractivity contribution in [2.24, 2.45) is 0 Å². The molecule has 0 atom stereocenters. The van der Waals surface area contributed by atoms with E-state index in [0.29, 0.717) is 11.8 Å². The fraction of sp³-hybridized carbons (Fsp3) is 0.462. The lowest BCUT2D eigenvalue weighted by molar-refractivity contribution is 0.873. The minimum atomic E-state index is 0.0874. The summed E-state index contributed by atoms with van der Waals surface area (Å²) in [6.07, 6.45) is 1.88. The molecule has 0 saturated carbocycles. The highest BCUT2D eigenvalue weighted by Crippen LogP contribution is 2.28. The van der Waals surface area contributed by atoms with Gasteiger partial charge in [0.1, 0.15) is 4.83 Å². The van der Waals surface area contributed by atoms with E-state index < -0.39 is 0 Å². The van der Waals surface area contributed by atoms with Gasteiger partial charge in [-0.25, -0.2) is 0 Å². The minimum Gasteiger partial charge on any atom is -0.275 e. The third kappa shape index (κ3) is 1.80. The van der Waals surface area contributed by atoms with Gasteiger partial charge in [-0.05, 0) is 23.5 Å². The molecule has 0 aliphatic heterocycles. The predicted molar refractivity (Wildman–Crippen MR) is 69.7 cm³/mol. The molecule has 0 bridgehead atoms. The number of rotatable bonds is 2. The summed E-state index contributed by atoms with van der Waals surface area (Å²) in [4.78, 5) is 14.2. The molecule has 0 aliphatic rings. The van der Waals surface area contributed by atoms with Crippen molar-refractivity contribution < 1.29 is 0 Å². The summed E-state index contributed by atoms with van der Waals surface area (Å²) >= 11 is 1.73. The van der Waals surface area contributed by atoms with Crippen molar-refractivity contribution in [2.75, 3.05) is 0 Å². The second kappa shape index (κ2) is 4.06. The van der Waals surface area contributed by atoms with Gasteiger partial charge >= 0.3 is 0 Å². The van der Waals surface area contributed by atoms with Gasteiger partial charge in [-0.15, -0.1) is 11.3 Å². The van der Waals surface area contributed by atoms with E-state index in [9.17, 15) is 4.79 Å². The molecule has 0 saturated heterocycles. The Morgan fingerprint density at radius 3 is 2.44 bits per heavy atom. The summed E-state index contributed by atoms with van der Waals surface area (Å²) in [7, 11) is 0. The van der Waals surface area contributed by atoms with Crippen molar-refractivity contribution in [3.8, 4) is 0 Å². The first kappa shape index (κ1) is 11.4. The number of aromatic nitrogens is 1. The Hall–Kier alpha value is -1.09. The number of hydrogen-bond acceptors (Lipinski definition) is 2. The molecule has 0 radical (unpaired) electrons. The molecule has 0 spiro atoms. The van der Waals surface area contributed by atoms with Gasteiger partial charge in [0.2, 0.25) is 0 Å². The number of nitrogens with zero attached hydrogens (tertiary/aromatic N) is 1. The molecule has 0 aliphatic carbocycles. The normalized spacial score (nSPS) is 11.9. The molecular formula is C13H17NOS. The molecule has 2 aromatic heterocycles. The molecule has 2 rings (SSSR count). The zero-order valence-electron chi connectivity index (χ0n) is 10.2. The third-order valence-electron chi connectivity index (χ3n) is 2.78. The first-order valence-corrected chi connectivity index (χ1v) is 6.47. The van der Waals surface area contributed by atoms with Crippen molar-refractivity contribution in [3.63, 3.8) is 0 Å². The summed E-state index contributed by atoms with van der Waals surface area (Å²) in [5.41, 5.74) is 1.36. The van der Waals surface area contributed by atoms with E-state index in [1.807, 2.05) is 6.20 Å². The van der Waals surface area contributed by atoms with Crippen LogP contribution in [0.25, 0.3) is 4.83 Å². The molecule has 86 valence electrons. The maximum absolute atomic E-state index is 11.9. The molecule has 16 heavy (non-hydrogen) atoms. The standard InChI is InChI=1S/C13H17NOS/c1-8(2)10-5-6-14-12(15)7-11(9(3)4)16-13(10)14/h5-9H,1-4H3. The van der Waals surface area contributed by atoms with Crippen LogP contribution < -0.4 is 5.56 Å². The Morgan fingerprint density at radius 1 is 1.19 bits per heavy atom. The van der Waals surface area contributed by atoms with Crippen molar-refractivity contribution in [2.45, 2.75) is 39.5 Å². The Bertz CT molecular complexity index is 563. The Balaban J connectivity index is 2.76. The predicted octanol–water partition coefficient (Wildman–Crippen LogP) is 3.61. The Labute approximate surface area is 99.6 Å². The molecule has 0 aromatic carbocycles. The summed E-state index contributed by atoms with van der Waals surface area (Å²) in [5, 5.41) is 0. The summed E-state index contributed by atoms with van der Waals surface area (Å²) in [6.45, 7) is 8.57. The fourth-order valence-corrected chi connectivity index (χ4v) is 3.06. The average molecular weight is 235 g/mol. The highest BCUT2D eigenvalue weighted by atomic mass is 32.1. The SMILES string of the molecule is CC(C)c1cc(=O)n2ccc(C(C)C)c2s1. The van der Waals surface area contributed by atoms with Crippen LogP contribution in [0.4, 0.5) is 0 Å². The topological polar surface area (TPSA) is 21.5 Å². The van der Waals surface area contributed by atoms with Gasteiger partial charge in [0.05, 0.1) is 0 Å². The molecule has 2 heterocycles. The molecule has 0 amide bonds. The van der Waals surface area contributed by atoms with E-state index in [1.54, 1.807) is 21.8 Å². The summed E-state index contributed by atoms with van der Waals surface area (Å²) < 4.78 is 1.76. The second-order valence-electron chi connectivity index (χ2n) is 4.74. The van der Waals surface area contributed by atoms with Crippen molar-refractivity contribution in [3.05, 3.63) is 39.1 Å². The smallest absolute Gasteiger partial charge is 0.256 e. The van der Waals surface area contributed by atoms with Crippen LogP contribution in [0.2, 0.25) is 0 Å². The average Bonchev–Trinajstić information content (AvgIpc) is 2.61. The largest absolute Gasteiger partial charge is 0.275 e. The number of fused-ring (bicyclic) bond motifs is 1. The second-order valence-corrected chi connectivity index (χ2v) is 5.80. The van der Waals surface area contributed by atoms with Gasteiger partial charge in [-0.1, -0.05) is 27.7 Å². The van der Waals surface area contributed by atoms with Crippen LogP contribution in [-0.2, 0) is 0 Å². The van der Waals surface area contributed by atoms with Crippen LogP contribution in [0.1, 0.15) is 50.0 Å². The molecule has 2 aromatic rings. The Morgan fingerprint density at radius 2 is 1.88 bits per heavy atom. The zero-order valence-corrected chi connectivity index (χ0v) is 11.0. The van der Waals surface area contributed by atoms with Crippen molar-refractivity contribution in [1.29, 1.82) is 0 Å². The van der Waals surface area contributed by atoms with E-state index in [4.69, 9.17) is 0 Å². The number of hydrogen-bond donors (Lipinski definition) is 0. The van der Waals surface area contributed by atoms with Gasteiger partial charge < -0.3 is 0 Å². The lowest BCUT2D eigenvalue weighted by Crippen LogP contribution is -2.10. The zero-order chi connectivity index (χ0) is 11.9. The van der Waals surface area contributed by atoms with Crippen LogP contribution >= 0.6 is 11.3 Å². The molecular weight excluding hydrogens is 218 g/mol. The summed E-state index contributed by atoms with van der Waals surface area (Å²) in [5.74, 6) is 0.876. The van der Waals surface area contributed by atoms with Gasteiger partial charge in [-0.3, -0.25) is 9.20 Å². The van der Waals surface area contributed by atoms with Crippen LogP contribution in [-0.4, -0.2) is 4.40 Å². The van der Waals surface area contributed by atoms with E-state index in [0.717, 1.165) is 9.71 Å². The monoisotopic (exact) mass is 235 g/mol. The van der Waals surface area contributed by atoms with Crippen molar-refractivity contribution >= 4 is 16.2 Å². The Kier molecular flexibility index (Phi) is 2.89. The van der Waals surface area contributed by atoms with Crippen LogP contribution in [0.3, 0.4) is 0 Å². The minimum absolute atomic E-state index is 0.0874. The van der Waals surface area contributed by atoms with Gasteiger partial charge in [0, 0.05) is 17.1 Å². The van der Waals surface area contributed by atoms with Gasteiger partial charge in [-0.2, -0.15) is 0 Å². The molecule has 0 fully saturated rings. The third-order valence-corrected chi connectivity index (χ3v) is 4.23. The highest BCUT2D eigenvalue weighted by Gasteiger charge is 2.11. The lowest BCUT2D eigenvalue weighted by atomic mass is 10.1. The molecule has 2 nitrogen and oxygen atoms in total. The molecule has 3 heteroatoms. The van der Waals surface area contributed by atoms with E-state index in [1.165, 1.54) is 5.56 Å². The van der Waals surface area contributed by atoms with Crippen molar-refractivity contribution in [1.82, 2.24) is 4.40 Å². The van der Waals surface area contributed by atoms with E-state index in [-0.39, 0.29) is 5.56 Å². The lowest BCUT2D eigenvalue weighted by Gasteiger charge is -2.07. The van der Waals surface area contributed by atoms with Gasteiger partial charge in [0.25, 0.3) is 5.56 Å². The maximum Gasteiger partial charge on any atom is 0.256 e. The summed E-state index contributed by atoms with van der Waals surface area (Å²) in [6, 6.07) is 3.81. The fourth-order valence-electron chi connectivity index (χ4n) is 1.77. The molecule has 0 unspecified atom stereocenters. The first-order valence-electron chi connectivity index (χ1n) is 5.65. The first-order chi connectivity index (χ1) is 7.50. The highest BCUT2D eigenvalue weighted by molar-refractivity contribution is 7.17. The van der Waals surface area contributed by atoms with Gasteiger partial charge in [0.15, 0.2) is 0 Å². The van der Waals surface area contributed by atoms with Crippen LogP contribution in [0, 0.1) is 0 Å². The quantitative estimate of drug-likeness (QED) is 0.779. The maximum atomic E-state index is 11.9. The molecule has 0 N–H and O–H groups in total. The van der Waals surface area contributed by atoms with E-state index >= 15 is 0 Å². The van der Waals surface area contributed by atoms with Crippen LogP contribution in [0.15, 0.2) is 23.1 Å².